The standard InChI is InChI=1S/C14H24N2S/c1-3-4-5-8-13(16-15)11-17-14-9-6-7-12(2)10-14/h6-7,9-10,13,16H,3-5,8,11,15H2,1-2H3. The minimum atomic E-state index is 0.423. The van der Waals surface area contributed by atoms with Crippen molar-refractivity contribution >= 4 is 11.8 Å². The summed E-state index contributed by atoms with van der Waals surface area (Å²) in [5.41, 5.74) is 4.24. The van der Waals surface area contributed by atoms with Crippen LogP contribution in [0.25, 0.3) is 0 Å². The van der Waals surface area contributed by atoms with Crippen molar-refractivity contribution < 1.29 is 0 Å². The van der Waals surface area contributed by atoms with Gasteiger partial charge in [-0.05, 0) is 25.5 Å². The molecule has 96 valence electrons. The third kappa shape index (κ3) is 6.10. The van der Waals surface area contributed by atoms with E-state index in [0.29, 0.717) is 6.04 Å². The lowest BCUT2D eigenvalue weighted by Crippen LogP contribution is -2.36. The number of aryl methyl sites for hydroxylation is 1. The first-order valence-electron chi connectivity index (χ1n) is 6.42. The van der Waals surface area contributed by atoms with Crippen LogP contribution < -0.4 is 11.3 Å². The Kier molecular flexibility index (Phi) is 7.33. The predicted octanol–water partition coefficient (Wildman–Crippen LogP) is 3.50. The molecule has 0 heterocycles. The van der Waals surface area contributed by atoms with Crippen molar-refractivity contribution in [2.24, 2.45) is 5.84 Å². The van der Waals surface area contributed by atoms with Crippen molar-refractivity contribution in [2.75, 3.05) is 5.75 Å². The minimum Gasteiger partial charge on any atom is -0.271 e. The zero-order valence-electron chi connectivity index (χ0n) is 10.9. The number of hydrogen-bond acceptors (Lipinski definition) is 3. The van der Waals surface area contributed by atoms with Crippen LogP contribution in [0.15, 0.2) is 29.2 Å². The summed E-state index contributed by atoms with van der Waals surface area (Å²) < 4.78 is 0. The van der Waals surface area contributed by atoms with Gasteiger partial charge in [0.2, 0.25) is 0 Å². The molecule has 0 radical (unpaired) electrons. The number of hydrazine groups is 1. The highest BCUT2D eigenvalue weighted by molar-refractivity contribution is 7.99. The molecule has 17 heavy (non-hydrogen) atoms. The monoisotopic (exact) mass is 252 g/mol. The highest BCUT2D eigenvalue weighted by Gasteiger charge is 2.06. The second-order valence-electron chi connectivity index (χ2n) is 4.49. The quantitative estimate of drug-likeness (QED) is 0.322. The Morgan fingerprint density at radius 3 is 2.82 bits per heavy atom. The van der Waals surface area contributed by atoms with Gasteiger partial charge in [-0.1, -0.05) is 43.9 Å². The van der Waals surface area contributed by atoms with E-state index in [9.17, 15) is 0 Å². The summed E-state index contributed by atoms with van der Waals surface area (Å²) in [5.74, 6) is 6.63. The number of nitrogens with two attached hydrogens (primary N) is 1. The first-order valence-corrected chi connectivity index (χ1v) is 7.40. The number of thioether (sulfide) groups is 1. The molecule has 1 rings (SSSR count). The molecule has 0 saturated carbocycles. The Morgan fingerprint density at radius 1 is 1.35 bits per heavy atom. The molecule has 0 bridgehead atoms. The highest BCUT2D eigenvalue weighted by Crippen LogP contribution is 2.20. The molecule has 1 aromatic carbocycles. The maximum Gasteiger partial charge on any atom is 0.0304 e. The molecule has 1 unspecified atom stereocenters. The van der Waals surface area contributed by atoms with Gasteiger partial charge in [-0.15, -0.1) is 11.8 Å². The number of nitrogens with one attached hydrogen (secondary N) is 1. The predicted molar refractivity (Wildman–Crippen MR) is 77.2 cm³/mol. The van der Waals surface area contributed by atoms with Crippen LogP contribution in [0.3, 0.4) is 0 Å². The average molecular weight is 252 g/mol. The van der Waals surface area contributed by atoms with Gasteiger partial charge in [0, 0.05) is 16.7 Å². The molecule has 0 aliphatic carbocycles. The van der Waals surface area contributed by atoms with Gasteiger partial charge in [0.25, 0.3) is 0 Å². The van der Waals surface area contributed by atoms with E-state index in [1.807, 2.05) is 11.8 Å². The smallest absolute Gasteiger partial charge is 0.0304 e. The van der Waals surface area contributed by atoms with Crippen LogP contribution in [0.2, 0.25) is 0 Å². The second kappa shape index (κ2) is 8.56. The van der Waals surface area contributed by atoms with Gasteiger partial charge in [0.15, 0.2) is 0 Å². The van der Waals surface area contributed by atoms with E-state index >= 15 is 0 Å². The van der Waals surface area contributed by atoms with Gasteiger partial charge < -0.3 is 0 Å². The SMILES string of the molecule is CCCCCC(CSc1cccc(C)c1)NN. The van der Waals surface area contributed by atoms with E-state index < -0.39 is 0 Å². The molecule has 1 aromatic rings. The van der Waals surface area contributed by atoms with E-state index in [0.717, 1.165) is 5.75 Å². The largest absolute Gasteiger partial charge is 0.271 e. The van der Waals surface area contributed by atoms with Crippen LogP contribution >= 0.6 is 11.8 Å². The number of unbranched alkanes of at least 4 members (excludes halogenated alkanes) is 2. The van der Waals surface area contributed by atoms with E-state index in [1.54, 1.807) is 0 Å². The lowest BCUT2D eigenvalue weighted by atomic mass is 10.1. The Labute approximate surface area is 109 Å². The Balaban J connectivity index is 2.31. The average Bonchev–Trinajstić information content (AvgIpc) is 2.34. The fraction of sp³-hybridized carbons (Fsp3) is 0.571. The van der Waals surface area contributed by atoms with Crippen LogP contribution in [0.1, 0.15) is 38.2 Å². The molecular formula is C14H24N2S. The molecule has 3 N–H and O–H groups in total. The fourth-order valence-corrected chi connectivity index (χ4v) is 2.86. The number of benzene rings is 1. The summed E-state index contributed by atoms with van der Waals surface area (Å²) in [6.45, 7) is 4.36. The van der Waals surface area contributed by atoms with Crippen molar-refractivity contribution in [3.8, 4) is 0 Å². The van der Waals surface area contributed by atoms with E-state index in [2.05, 4.69) is 43.5 Å². The van der Waals surface area contributed by atoms with E-state index in [4.69, 9.17) is 5.84 Å². The zero-order chi connectivity index (χ0) is 12.5. The summed E-state index contributed by atoms with van der Waals surface area (Å²) >= 11 is 1.88. The van der Waals surface area contributed by atoms with E-state index in [-0.39, 0.29) is 0 Å². The Hall–Kier alpha value is -0.510. The molecule has 0 amide bonds. The minimum absolute atomic E-state index is 0.423. The normalized spacial score (nSPS) is 12.6. The molecule has 0 saturated heterocycles. The maximum absolute atomic E-state index is 5.59. The molecule has 0 fully saturated rings. The molecule has 2 nitrogen and oxygen atoms in total. The first kappa shape index (κ1) is 14.6. The van der Waals surface area contributed by atoms with Gasteiger partial charge in [0.1, 0.15) is 0 Å². The van der Waals surface area contributed by atoms with Crippen molar-refractivity contribution in [3.05, 3.63) is 29.8 Å². The van der Waals surface area contributed by atoms with E-state index in [1.165, 1.54) is 36.1 Å². The molecule has 0 spiro atoms. The van der Waals surface area contributed by atoms with Gasteiger partial charge in [-0.2, -0.15) is 0 Å². The third-order valence-corrected chi connectivity index (χ3v) is 3.99. The second-order valence-corrected chi connectivity index (χ2v) is 5.58. The summed E-state index contributed by atoms with van der Waals surface area (Å²) in [5, 5.41) is 0. The third-order valence-electron chi connectivity index (χ3n) is 2.83. The highest BCUT2D eigenvalue weighted by atomic mass is 32.2. The summed E-state index contributed by atoms with van der Waals surface area (Å²) in [6.07, 6.45) is 5.00. The zero-order valence-corrected chi connectivity index (χ0v) is 11.7. The summed E-state index contributed by atoms with van der Waals surface area (Å²) in [7, 11) is 0. The molecule has 1 atom stereocenters. The van der Waals surface area contributed by atoms with Crippen molar-refractivity contribution in [3.63, 3.8) is 0 Å². The van der Waals surface area contributed by atoms with Crippen LogP contribution in [-0.2, 0) is 0 Å². The fourth-order valence-electron chi connectivity index (χ4n) is 1.76. The summed E-state index contributed by atoms with van der Waals surface area (Å²) in [6, 6.07) is 9.05. The van der Waals surface area contributed by atoms with Gasteiger partial charge in [-0.25, -0.2) is 0 Å². The molecule has 0 aliphatic heterocycles. The summed E-state index contributed by atoms with van der Waals surface area (Å²) in [4.78, 5) is 1.33. The van der Waals surface area contributed by atoms with Crippen LogP contribution in [0.5, 0.6) is 0 Å². The van der Waals surface area contributed by atoms with Crippen LogP contribution in [0, 0.1) is 6.92 Å². The van der Waals surface area contributed by atoms with Crippen LogP contribution in [0.4, 0.5) is 0 Å². The number of hydrogen-bond donors (Lipinski definition) is 2. The molecule has 0 aliphatic rings. The lowest BCUT2D eigenvalue weighted by Gasteiger charge is -2.15. The Morgan fingerprint density at radius 2 is 2.18 bits per heavy atom. The van der Waals surface area contributed by atoms with Crippen molar-refractivity contribution in [2.45, 2.75) is 50.5 Å². The van der Waals surface area contributed by atoms with Crippen molar-refractivity contribution in [1.29, 1.82) is 0 Å². The Bertz CT molecular complexity index is 315. The van der Waals surface area contributed by atoms with Gasteiger partial charge in [-0.3, -0.25) is 11.3 Å². The van der Waals surface area contributed by atoms with Crippen molar-refractivity contribution in [1.82, 2.24) is 5.43 Å². The first-order chi connectivity index (χ1) is 8.26. The molecular weight excluding hydrogens is 228 g/mol. The molecule has 3 heteroatoms. The van der Waals surface area contributed by atoms with Crippen LogP contribution in [-0.4, -0.2) is 11.8 Å². The number of rotatable bonds is 8. The molecule has 0 aromatic heterocycles. The van der Waals surface area contributed by atoms with Gasteiger partial charge in [0.05, 0.1) is 0 Å². The lowest BCUT2D eigenvalue weighted by molar-refractivity contribution is 0.507. The van der Waals surface area contributed by atoms with Gasteiger partial charge >= 0.3 is 0 Å². The maximum atomic E-state index is 5.59. The topological polar surface area (TPSA) is 38.0 Å².